The predicted molar refractivity (Wildman–Crippen MR) is 290 cm³/mol. The van der Waals surface area contributed by atoms with Crippen LogP contribution in [0, 0.1) is 0 Å². The fourth-order valence-corrected chi connectivity index (χ4v) is 11.2. The summed E-state index contributed by atoms with van der Waals surface area (Å²) in [6.07, 6.45) is 0. The zero-order chi connectivity index (χ0) is 46.9. The van der Waals surface area contributed by atoms with Crippen LogP contribution in [0.15, 0.2) is 259 Å². The van der Waals surface area contributed by atoms with E-state index in [1.807, 2.05) is 42.5 Å². The highest BCUT2D eigenvalue weighted by molar-refractivity contribution is 6.14. The van der Waals surface area contributed by atoms with Gasteiger partial charge in [0.2, 0.25) is 0 Å². The summed E-state index contributed by atoms with van der Waals surface area (Å²) in [7, 11) is 0. The van der Waals surface area contributed by atoms with Crippen LogP contribution in [0.25, 0.3) is 88.8 Å². The van der Waals surface area contributed by atoms with Crippen LogP contribution in [-0.4, -0.2) is 15.0 Å². The molecule has 332 valence electrons. The molecule has 71 heavy (non-hydrogen) atoms. The largest absolute Gasteiger partial charge is 0.456 e. The standard InChI is InChI=1S/C66H42N4O/c1-4-18-45(19-5-1)63-67-64(46-20-6-2-7-21-46)69-65(68-63)47-34-40-58-56(41-47)53-25-12-14-27-57(53)66(58,48-22-8-3-9-23-48)49-35-38-50(39-36-49)70(59-28-16-30-61-62(59)54-26-13-15-29-60(54)71-61)51-37-33-44-32-31-43-17-10-11-24-52(43)55(44)42-51/h1-42H. The lowest BCUT2D eigenvalue weighted by molar-refractivity contribution is 0.669. The van der Waals surface area contributed by atoms with Crippen molar-refractivity contribution in [2.24, 2.45) is 0 Å². The molecule has 1 atom stereocenters. The average molecular weight is 907 g/mol. The van der Waals surface area contributed by atoms with Gasteiger partial charge >= 0.3 is 0 Å². The Balaban J connectivity index is 0.963. The van der Waals surface area contributed by atoms with Crippen molar-refractivity contribution >= 4 is 60.5 Å². The molecule has 5 nitrogen and oxygen atoms in total. The van der Waals surface area contributed by atoms with Crippen LogP contribution < -0.4 is 4.90 Å². The van der Waals surface area contributed by atoms with Crippen molar-refractivity contribution in [3.8, 4) is 45.3 Å². The number of para-hydroxylation sites is 1. The Morgan fingerprint density at radius 2 is 0.887 bits per heavy atom. The highest BCUT2D eigenvalue weighted by Crippen LogP contribution is 2.57. The summed E-state index contributed by atoms with van der Waals surface area (Å²) in [6, 6.07) is 90.9. The Kier molecular flexibility index (Phi) is 9.36. The fraction of sp³-hybridized carbons (Fsp3) is 0.0152. The van der Waals surface area contributed by atoms with Crippen LogP contribution in [-0.2, 0) is 5.41 Å². The van der Waals surface area contributed by atoms with Crippen LogP contribution in [0.2, 0.25) is 0 Å². The molecule has 0 N–H and O–H groups in total. The molecule has 1 unspecified atom stereocenters. The lowest BCUT2D eigenvalue weighted by Gasteiger charge is -2.34. The summed E-state index contributed by atoms with van der Waals surface area (Å²) in [4.78, 5) is 17.7. The van der Waals surface area contributed by atoms with Crippen LogP contribution in [0.1, 0.15) is 22.3 Å². The lowest BCUT2D eigenvalue weighted by Crippen LogP contribution is -2.28. The average Bonchev–Trinajstić information content (AvgIpc) is 3.98. The molecule has 0 saturated carbocycles. The van der Waals surface area contributed by atoms with Crippen molar-refractivity contribution in [3.63, 3.8) is 0 Å². The van der Waals surface area contributed by atoms with Gasteiger partial charge in [-0.15, -0.1) is 0 Å². The first-order chi connectivity index (χ1) is 35.2. The van der Waals surface area contributed by atoms with Gasteiger partial charge in [0, 0.05) is 33.5 Å². The first-order valence-electron chi connectivity index (χ1n) is 24.1. The highest BCUT2D eigenvalue weighted by atomic mass is 16.3. The molecule has 13 aromatic rings. The molecule has 11 aromatic carbocycles. The number of hydrogen-bond donors (Lipinski definition) is 0. The maximum Gasteiger partial charge on any atom is 0.164 e. The van der Waals surface area contributed by atoms with Gasteiger partial charge in [0.05, 0.1) is 16.5 Å². The molecule has 0 aliphatic heterocycles. The van der Waals surface area contributed by atoms with Crippen LogP contribution in [0.4, 0.5) is 17.1 Å². The first-order valence-corrected chi connectivity index (χ1v) is 24.1. The number of rotatable bonds is 8. The maximum atomic E-state index is 6.51. The Hall–Kier alpha value is -9.45. The number of hydrogen-bond acceptors (Lipinski definition) is 5. The second-order valence-electron chi connectivity index (χ2n) is 18.3. The van der Waals surface area contributed by atoms with E-state index >= 15 is 0 Å². The minimum atomic E-state index is -0.638. The second-order valence-corrected chi connectivity index (χ2v) is 18.3. The SMILES string of the molecule is c1ccc(-c2nc(-c3ccccc3)nc(-c3ccc4c(c3)-c3ccccc3C4(c3ccccc3)c3ccc(N(c4ccc5ccc6ccccc6c5c4)c4cccc5oc6ccccc6c45)cc3)n2)cc1. The van der Waals surface area contributed by atoms with Gasteiger partial charge in [-0.2, -0.15) is 0 Å². The number of nitrogens with zero attached hydrogens (tertiary/aromatic N) is 4. The van der Waals surface area contributed by atoms with E-state index in [2.05, 4.69) is 217 Å². The van der Waals surface area contributed by atoms with Crippen LogP contribution in [0.3, 0.4) is 0 Å². The van der Waals surface area contributed by atoms with E-state index in [9.17, 15) is 0 Å². The quantitative estimate of drug-likeness (QED) is 0.142. The number of fused-ring (bicyclic) bond motifs is 9. The summed E-state index contributed by atoms with van der Waals surface area (Å²) in [6.45, 7) is 0. The van der Waals surface area contributed by atoms with Gasteiger partial charge < -0.3 is 9.32 Å². The minimum Gasteiger partial charge on any atom is -0.456 e. The molecule has 0 bridgehead atoms. The molecule has 0 saturated heterocycles. The molecule has 1 aliphatic rings. The summed E-state index contributed by atoms with van der Waals surface area (Å²) in [5.74, 6) is 1.90. The summed E-state index contributed by atoms with van der Waals surface area (Å²) in [5.41, 5.74) is 14.1. The Morgan fingerprint density at radius 1 is 0.338 bits per heavy atom. The summed E-state index contributed by atoms with van der Waals surface area (Å²) in [5, 5.41) is 7.00. The van der Waals surface area contributed by atoms with E-state index in [-0.39, 0.29) is 0 Å². The fourth-order valence-electron chi connectivity index (χ4n) is 11.2. The van der Waals surface area contributed by atoms with Crippen LogP contribution >= 0.6 is 0 Å². The molecule has 2 aromatic heterocycles. The highest BCUT2D eigenvalue weighted by Gasteiger charge is 2.46. The van der Waals surface area contributed by atoms with Gasteiger partial charge in [0.25, 0.3) is 0 Å². The van der Waals surface area contributed by atoms with Crippen molar-refractivity contribution in [3.05, 3.63) is 277 Å². The van der Waals surface area contributed by atoms with E-state index < -0.39 is 5.41 Å². The Labute approximate surface area is 410 Å². The number of aromatic nitrogens is 3. The molecule has 14 rings (SSSR count). The van der Waals surface area contributed by atoms with Crippen molar-refractivity contribution in [2.45, 2.75) is 5.41 Å². The second kappa shape index (κ2) is 16.4. The zero-order valence-corrected chi connectivity index (χ0v) is 38.4. The van der Waals surface area contributed by atoms with Gasteiger partial charge in [0.1, 0.15) is 11.2 Å². The smallest absolute Gasteiger partial charge is 0.164 e. The van der Waals surface area contributed by atoms with E-state index in [1.165, 1.54) is 49.4 Å². The summed E-state index contributed by atoms with van der Waals surface area (Å²) >= 11 is 0. The van der Waals surface area contributed by atoms with Crippen molar-refractivity contribution in [1.29, 1.82) is 0 Å². The van der Waals surface area contributed by atoms with E-state index in [0.29, 0.717) is 17.5 Å². The number of benzene rings is 11. The number of furan rings is 1. The van der Waals surface area contributed by atoms with E-state index in [0.717, 1.165) is 61.3 Å². The Bertz CT molecular complexity index is 4110. The lowest BCUT2D eigenvalue weighted by atomic mass is 9.67. The van der Waals surface area contributed by atoms with Gasteiger partial charge in [-0.3, -0.25) is 0 Å². The van der Waals surface area contributed by atoms with Crippen LogP contribution in [0.5, 0.6) is 0 Å². The molecular formula is C66H42N4O. The van der Waals surface area contributed by atoms with Gasteiger partial charge in [-0.05, 0) is 103 Å². The minimum absolute atomic E-state index is 0.627. The van der Waals surface area contributed by atoms with Crippen molar-refractivity contribution in [1.82, 2.24) is 15.0 Å². The number of anilines is 3. The third kappa shape index (κ3) is 6.51. The molecule has 1 aliphatic carbocycles. The first kappa shape index (κ1) is 40.6. The van der Waals surface area contributed by atoms with Gasteiger partial charge in [-0.1, -0.05) is 206 Å². The summed E-state index contributed by atoms with van der Waals surface area (Å²) < 4.78 is 6.51. The zero-order valence-electron chi connectivity index (χ0n) is 38.4. The molecular weight excluding hydrogens is 865 g/mol. The van der Waals surface area contributed by atoms with E-state index in [4.69, 9.17) is 19.4 Å². The van der Waals surface area contributed by atoms with Gasteiger partial charge in [0.15, 0.2) is 17.5 Å². The maximum absolute atomic E-state index is 6.51. The molecule has 0 radical (unpaired) electrons. The predicted octanol–water partition coefficient (Wildman–Crippen LogP) is 16.9. The van der Waals surface area contributed by atoms with Gasteiger partial charge in [-0.25, -0.2) is 15.0 Å². The third-order valence-corrected chi connectivity index (χ3v) is 14.4. The Morgan fingerprint density at radius 3 is 1.63 bits per heavy atom. The topological polar surface area (TPSA) is 55.1 Å². The van der Waals surface area contributed by atoms with Crippen molar-refractivity contribution in [2.75, 3.05) is 4.90 Å². The molecule has 0 fully saturated rings. The molecule has 0 amide bonds. The van der Waals surface area contributed by atoms with E-state index in [1.54, 1.807) is 0 Å². The molecule has 0 spiro atoms. The normalized spacial score (nSPS) is 14.0. The van der Waals surface area contributed by atoms with Crippen molar-refractivity contribution < 1.29 is 4.42 Å². The third-order valence-electron chi connectivity index (χ3n) is 14.4. The monoisotopic (exact) mass is 906 g/mol. The molecule has 2 heterocycles. The molecule has 5 heteroatoms.